The molecule has 0 saturated carbocycles. The molecule has 0 unspecified atom stereocenters. The van der Waals surface area contributed by atoms with Gasteiger partial charge in [0.05, 0.1) is 0 Å². The number of primary amides is 1. The number of thiocarbonyl (C=S) groups is 1. The van der Waals surface area contributed by atoms with E-state index in [4.69, 9.17) is 18.0 Å². The molecule has 0 heterocycles. The highest BCUT2D eigenvalue weighted by molar-refractivity contribution is 7.80. The first-order chi connectivity index (χ1) is 4.70. The summed E-state index contributed by atoms with van der Waals surface area (Å²) in [5, 5.41) is 0. The molecular weight excluding hydrogens is 146 g/mol. The molecule has 3 heteroatoms. The smallest absolute Gasteiger partial charge is 0.248 e. The summed E-state index contributed by atoms with van der Waals surface area (Å²) in [5.74, 6) is -0.418. The summed E-state index contributed by atoms with van der Waals surface area (Å²) in [6.07, 6.45) is 5.91. The minimum Gasteiger partial charge on any atom is -0.366 e. The molecule has 0 aliphatic heterocycles. The maximum Gasteiger partial charge on any atom is 0.248 e. The third-order valence-corrected chi connectivity index (χ3v) is 1.50. The Balaban J connectivity index is 2.86. The summed E-state index contributed by atoms with van der Waals surface area (Å²) < 4.78 is 0. The van der Waals surface area contributed by atoms with E-state index in [2.05, 4.69) is 0 Å². The summed E-state index contributed by atoms with van der Waals surface area (Å²) in [5.41, 5.74) is 5.51. The molecule has 1 aliphatic rings. The molecule has 2 N–H and O–H groups in total. The normalized spacial score (nSPS) is 16.8. The predicted octanol–water partition coefficient (Wildman–Crippen LogP) is 0.728. The summed E-state index contributed by atoms with van der Waals surface area (Å²) in [6.45, 7) is 0. The second-order valence-corrected chi connectivity index (χ2v) is 2.56. The Bertz CT molecular complexity index is 238. The number of allylic oxidation sites excluding steroid dienone is 2. The monoisotopic (exact) mass is 153 g/mol. The van der Waals surface area contributed by atoms with Crippen molar-refractivity contribution in [3.8, 4) is 0 Å². The lowest BCUT2D eigenvalue weighted by atomic mass is 10.1. The van der Waals surface area contributed by atoms with Crippen molar-refractivity contribution in [1.29, 1.82) is 0 Å². The molecule has 52 valence electrons. The van der Waals surface area contributed by atoms with E-state index >= 15 is 0 Å². The zero-order valence-corrected chi connectivity index (χ0v) is 6.15. The molecule has 0 aromatic carbocycles. The van der Waals surface area contributed by atoms with Crippen LogP contribution in [-0.4, -0.2) is 10.8 Å². The number of amides is 1. The van der Waals surface area contributed by atoms with Crippen LogP contribution >= 0.6 is 12.2 Å². The van der Waals surface area contributed by atoms with Gasteiger partial charge in [-0.2, -0.15) is 0 Å². The molecule has 0 bridgehead atoms. The van der Waals surface area contributed by atoms with Crippen LogP contribution in [-0.2, 0) is 4.79 Å². The minimum absolute atomic E-state index is 0.418. The van der Waals surface area contributed by atoms with E-state index in [0.717, 1.165) is 11.3 Å². The van der Waals surface area contributed by atoms with Gasteiger partial charge >= 0.3 is 0 Å². The highest BCUT2D eigenvalue weighted by Gasteiger charge is 2.04. The topological polar surface area (TPSA) is 43.1 Å². The van der Waals surface area contributed by atoms with E-state index in [1.54, 1.807) is 12.2 Å². The predicted molar refractivity (Wildman–Crippen MR) is 43.6 cm³/mol. The fourth-order valence-electron chi connectivity index (χ4n) is 0.736. The standard InChI is InChI=1S/C7H7NOS/c8-7(9)5-2-1-3-6(10)4-5/h1-2,4H,3H2,(H2,8,9). The molecule has 0 fully saturated rings. The molecule has 10 heavy (non-hydrogen) atoms. The minimum atomic E-state index is -0.418. The average Bonchev–Trinajstić information content (AvgIpc) is 1.88. The number of rotatable bonds is 1. The molecule has 0 radical (unpaired) electrons. The van der Waals surface area contributed by atoms with Gasteiger partial charge in [0.1, 0.15) is 0 Å². The summed E-state index contributed by atoms with van der Waals surface area (Å²) in [7, 11) is 0. The lowest BCUT2D eigenvalue weighted by Gasteiger charge is -2.01. The van der Waals surface area contributed by atoms with Gasteiger partial charge in [-0.3, -0.25) is 4.79 Å². The van der Waals surface area contributed by atoms with Gasteiger partial charge in [0.25, 0.3) is 0 Å². The quantitative estimate of drug-likeness (QED) is 0.564. The van der Waals surface area contributed by atoms with Gasteiger partial charge in [-0.05, 0) is 6.08 Å². The van der Waals surface area contributed by atoms with Crippen LogP contribution in [0.4, 0.5) is 0 Å². The van der Waals surface area contributed by atoms with Gasteiger partial charge < -0.3 is 5.73 Å². The summed E-state index contributed by atoms with van der Waals surface area (Å²) in [6, 6.07) is 0. The molecule has 0 saturated heterocycles. The average molecular weight is 153 g/mol. The second kappa shape index (κ2) is 2.75. The van der Waals surface area contributed by atoms with Crippen LogP contribution in [0.1, 0.15) is 6.42 Å². The molecular formula is C7H7NOS. The number of nitrogens with two attached hydrogens (primary N) is 1. The number of hydrogen-bond acceptors (Lipinski definition) is 2. The molecule has 1 aliphatic carbocycles. The van der Waals surface area contributed by atoms with Crippen molar-refractivity contribution in [2.45, 2.75) is 6.42 Å². The highest BCUT2D eigenvalue weighted by atomic mass is 32.1. The Morgan fingerprint density at radius 2 is 2.40 bits per heavy atom. The van der Waals surface area contributed by atoms with Crippen LogP contribution in [0.3, 0.4) is 0 Å². The van der Waals surface area contributed by atoms with Crippen LogP contribution in [0.2, 0.25) is 0 Å². The highest BCUT2D eigenvalue weighted by Crippen LogP contribution is 2.06. The van der Waals surface area contributed by atoms with Gasteiger partial charge in [0, 0.05) is 16.9 Å². The maximum absolute atomic E-state index is 10.5. The van der Waals surface area contributed by atoms with Crippen molar-refractivity contribution in [1.82, 2.24) is 0 Å². The van der Waals surface area contributed by atoms with E-state index in [1.165, 1.54) is 0 Å². The zero-order valence-electron chi connectivity index (χ0n) is 5.33. The summed E-state index contributed by atoms with van der Waals surface area (Å²) in [4.78, 5) is 11.3. The van der Waals surface area contributed by atoms with Gasteiger partial charge in [-0.25, -0.2) is 0 Å². The van der Waals surface area contributed by atoms with E-state index in [-0.39, 0.29) is 0 Å². The van der Waals surface area contributed by atoms with Crippen LogP contribution in [0, 0.1) is 0 Å². The number of carbonyl (C=O) groups is 1. The first-order valence-electron chi connectivity index (χ1n) is 2.91. The van der Waals surface area contributed by atoms with Gasteiger partial charge in [0.2, 0.25) is 5.91 Å². The third-order valence-electron chi connectivity index (χ3n) is 1.22. The van der Waals surface area contributed by atoms with Crippen molar-refractivity contribution in [2.24, 2.45) is 5.73 Å². The van der Waals surface area contributed by atoms with Crippen LogP contribution in [0.25, 0.3) is 0 Å². The molecule has 0 atom stereocenters. The van der Waals surface area contributed by atoms with Crippen molar-refractivity contribution >= 4 is 23.0 Å². The number of carbonyl (C=O) groups excluding carboxylic acids is 1. The Hall–Kier alpha value is -0.960. The maximum atomic E-state index is 10.5. The van der Waals surface area contributed by atoms with Crippen LogP contribution in [0.15, 0.2) is 23.8 Å². The molecule has 2 nitrogen and oxygen atoms in total. The Morgan fingerprint density at radius 1 is 1.70 bits per heavy atom. The Kier molecular flexibility index (Phi) is 1.97. The molecule has 1 amide bonds. The van der Waals surface area contributed by atoms with Gasteiger partial charge in [-0.15, -0.1) is 0 Å². The van der Waals surface area contributed by atoms with E-state index in [0.29, 0.717) is 5.57 Å². The van der Waals surface area contributed by atoms with Crippen molar-refractivity contribution in [2.75, 3.05) is 0 Å². The van der Waals surface area contributed by atoms with Gasteiger partial charge in [-0.1, -0.05) is 24.4 Å². The molecule has 0 spiro atoms. The Labute approximate surface area is 64.4 Å². The van der Waals surface area contributed by atoms with Crippen molar-refractivity contribution in [3.05, 3.63) is 23.8 Å². The van der Waals surface area contributed by atoms with Crippen LogP contribution in [0.5, 0.6) is 0 Å². The first kappa shape index (κ1) is 7.15. The molecule has 0 aromatic heterocycles. The summed E-state index contributed by atoms with van der Waals surface area (Å²) >= 11 is 4.87. The number of hydrogen-bond donors (Lipinski definition) is 1. The first-order valence-corrected chi connectivity index (χ1v) is 3.32. The van der Waals surface area contributed by atoms with E-state index in [9.17, 15) is 4.79 Å². The Morgan fingerprint density at radius 3 is 2.80 bits per heavy atom. The third kappa shape index (κ3) is 1.51. The fraction of sp³-hybridized carbons (Fsp3) is 0.143. The van der Waals surface area contributed by atoms with Crippen molar-refractivity contribution in [3.63, 3.8) is 0 Å². The van der Waals surface area contributed by atoms with Crippen LogP contribution < -0.4 is 5.73 Å². The molecule has 1 rings (SSSR count). The van der Waals surface area contributed by atoms with E-state index in [1.807, 2.05) is 6.08 Å². The second-order valence-electron chi connectivity index (χ2n) is 2.04. The zero-order chi connectivity index (χ0) is 7.56. The molecule has 0 aromatic rings. The lowest BCUT2D eigenvalue weighted by molar-refractivity contribution is -0.114. The van der Waals surface area contributed by atoms with Crippen molar-refractivity contribution < 1.29 is 4.79 Å². The van der Waals surface area contributed by atoms with Gasteiger partial charge in [0.15, 0.2) is 0 Å². The fourth-order valence-corrected chi connectivity index (χ4v) is 0.959. The SMILES string of the molecule is NC(=O)C1=CC(=S)CC=C1. The van der Waals surface area contributed by atoms with E-state index < -0.39 is 5.91 Å². The largest absolute Gasteiger partial charge is 0.366 e. The lowest BCUT2D eigenvalue weighted by Crippen LogP contribution is -2.14.